The summed E-state index contributed by atoms with van der Waals surface area (Å²) in [4.78, 5) is 21.6. The highest BCUT2D eigenvalue weighted by Gasteiger charge is 2.17. The molecular formula is C21H18N4O3. The number of nitrogens with one attached hydrogen (secondary N) is 1. The van der Waals surface area contributed by atoms with Crippen molar-refractivity contribution >= 4 is 11.6 Å². The smallest absolute Gasteiger partial charge is 0.271 e. The monoisotopic (exact) mass is 374 g/mol. The van der Waals surface area contributed by atoms with Gasteiger partial charge in [0.05, 0.1) is 11.4 Å². The molecule has 3 aromatic rings. The number of hydrogen-bond donors (Lipinski definition) is 1. The van der Waals surface area contributed by atoms with Crippen LogP contribution in [0.3, 0.4) is 0 Å². The Morgan fingerprint density at radius 3 is 2.21 bits per heavy atom. The van der Waals surface area contributed by atoms with Crippen LogP contribution in [0, 0.1) is 13.8 Å². The van der Waals surface area contributed by atoms with Gasteiger partial charge in [-0.25, -0.2) is 5.43 Å². The Hall–Kier alpha value is -3.74. The fourth-order valence-electron chi connectivity index (χ4n) is 2.80. The number of nitrogens with zero attached hydrogens (tertiary/aromatic N) is 3. The molecule has 28 heavy (non-hydrogen) atoms. The lowest BCUT2D eigenvalue weighted by Crippen LogP contribution is -2.21. The number of hydrogen-bond acceptors (Lipinski definition) is 6. The van der Waals surface area contributed by atoms with Gasteiger partial charge in [0.25, 0.3) is 5.91 Å². The lowest BCUT2D eigenvalue weighted by Gasteiger charge is -2.08. The lowest BCUT2D eigenvalue weighted by atomic mass is 10.1. The molecule has 0 saturated heterocycles. The van der Waals surface area contributed by atoms with E-state index in [1.165, 1.54) is 0 Å². The minimum absolute atomic E-state index is 0.154. The largest absolute Gasteiger partial charge is 0.454 e. The summed E-state index contributed by atoms with van der Waals surface area (Å²) in [6.07, 6.45) is 0. The fraction of sp³-hybridized carbons (Fsp3) is 0.143. The molecule has 1 aliphatic heterocycles. The summed E-state index contributed by atoms with van der Waals surface area (Å²) in [7, 11) is 0. The van der Waals surface area contributed by atoms with Gasteiger partial charge in [0.15, 0.2) is 11.5 Å². The van der Waals surface area contributed by atoms with Crippen molar-refractivity contribution in [1.29, 1.82) is 0 Å². The minimum atomic E-state index is -0.365. The maximum absolute atomic E-state index is 12.6. The summed E-state index contributed by atoms with van der Waals surface area (Å²) < 4.78 is 10.6. The maximum atomic E-state index is 12.6. The number of rotatable bonds is 4. The van der Waals surface area contributed by atoms with Crippen LogP contribution >= 0.6 is 0 Å². The molecular weight excluding hydrogens is 356 g/mol. The number of aryl methyl sites for hydroxylation is 2. The van der Waals surface area contributed by atoms with Crippen molar-refractivity contribution in [3.63, 3.8) is 0 Å². The van der Waals surface area contributed by atoms with E-state index in [1.54, 1.807) is 18.2 Å². The van der Waals surface area contributed by atoms with E-state index in [9.17, 15) is 4.79 Å². The van der Waals surface area contributed by atoms with Crippen molar-refractivity contribution in [1.82, 2.24) is 15.4 Å². The van der Waals surface area contributed by atoms with Crippen LogP contribution in [-0.2, 0) is 0 Å². The van der Waals surface area contributed by atoms with Crippen molar-refractivity contribution < 1.29 is 14.3 Å². The van der Waals surface area contributed by atoms with E-state index >= 15 is 0 Å². The number of fused-ring (bicyclic) bond motifs is 1. The van der Waals surface area contributed by atoms with Gasteiger partial charge in [-0.05, 0) is 56.3 Å². The molecule has 0 bridgehead atoms. The molecule has 7 heteroatoms. The van der Waals surface area contributed by atoms with Gasteiger partial charge in [-0.1, -0.05) is 12.1 Å². The second-order valence-corrected chi connectivity index (χ2v) is 6.30. The molecule has 2 aromatic heterocycles. The number of carbonyl (C=O) groups is 1. The molecule has 1 aromatic carbocycles. The molecule has 140 valence electrons. The molecule has 1 aliphatic rings. The van der Waals surface area contributed by atoms with Crippen LogP contribution in [0.5, 0.6) is 11.5 Å². The zero-order chi connectivity index (χ0) is 19.5. The first-order valence-corrected chi connectivity index (χ1v) is 8.76. The molecule has 7 nitrogen and oxygen atoms in total. The predicted octanol–water partition coefficient (Wildman–Crippen LogP) is 3.00. The Morgan fingerprint density at radius 2 is 1.57 bits per heavy atom. The summed E-state index contributed by atoms with van der Waals surface area (Å²) in [5.74, 6) is 0.794. The van der Waals surface area contributed by atoms with Crippen LogP contribution in [0.4, 0.5) is 0 Å². The Balaban J connectivity index is 1.66. The van der Waals surface area contributed by atoms with Crippen LogP contribution in [-0.4, -0.2) is 28.4 Å². The third kappa shape index (κ3) is 3.68. The van der Waals surface area contributed by atoms with Gasteiger partial charge in [-0.15, -0.1) is 0 Å². The average Bonchev–Trinajstić information content (AvgIpc) is 3.16. The number of carbonyl (C=O) groups excluding carboxylic acids is 1. The normalized spacial score (nSPS) is 11.8. The predicted molar refractivity (Wildman–Crippen MR) is 104 cm³/mol. The van der Waals surface area contributed by atoms with E-state index in [-0.39, 0.29) is 12.7 Å². The average molecular weight is 374 g/mol. The molecule has 0 saturated carbocycles. The number of benzene rings is 1. The molecule has 1 N–H and O–H groups in total. The van der Waals surface area contributed by atoms with Crippen molar-refractivity contribution in [2.75, 3.05) is 6.79 Å². The Labute approximate surface area is 162 Å². The van der Waals surface area contributed by atoms with Gasteiger partial charge in [0, 0.05) is 17.0 Å². The van der Waals surface area contributed by atoms with Crippen LogP contribution < -0.4 is 14.9 Å². The van der Waals surface area contributed by atoms with Crippen LogP contribution in [0.2, 0.25) is 0 Å². The van der Waals surface area contributed by atoms with E-state index in [4.69, 9.17) is 9.47 Å². The van der Waals surface area contributed by atoms with Crippen molar-refractivity contribution in [2.24, 2.45) is 5.10 Å². The molecule has 0 spiro atoms. The van der Waals surface area contributed by atoms with Crippen molar-refractivity contribution in [3.8, 4) is 11.5 Å². The van der Waals surface area contributed by atoms with E-state index < -0.39 is 0 Å². The second-order valence-electron chi connectivity index (χ2n) is 6.30. The van der Waals surface area contributed by atoms with Crippen molar-refractivity contribution in [3.05, 3.63) is 82.9 Å². The number of amides is 1. The van der Waals surface area contributed by atoms with Gasteiger partial charge >= 0.3 is 0 Å². The lowest BCUT2D eigenvalue weighted by molar-refractivity contribution is 0.0954. The van der Waals surface area contributed by atoms with E-state index in [1.807, 2.05) is 50.2 Å². The van der Waals surface area contributed by atoms with Gasteiger partial charge in [0.1, 0.15) is 5.71 Å². The van der Waals surface area contributed by atoms with Gasteiger partial charge in [0.2, 0.25) is 6.79 Å². The molecule has 4 rings (SSSR count). The highest BCUT2D eigenvalue weighted by atomic mass is 16.7. The summed E-state index contributed by atoms with van der Waals surface area (Å²) in [6.45, 7) is 3.95. The van der Waals surface area contributed by atoms with E-state index in [0.29, 0.717) is 34.2 Å². The zero-order valence-electron chi connectivity index (χ0n) is 15.5. The number of aromatic nitrogens is 2. The molecule has 0 radical (unpaired) electrons. The SMILES string of the molecule is Cc1cccc(C(=NNC(=O)c2ccc3c(c2)OCO3)c2cccc(C)n2)n1. The first kappa shape index (κ1) is 17.7. The third-order valence-electron chi connectivity index (χ3n) is 4.17. The topological polar surface area (TPSA) is 85.7 Å². The quantitative estimate of drug-likeness (QED) is 0.560. The minimum Gasteiger partial charge on any atom is -0.454 e. The van der Waals surface area contributed by atoms with Crippen LogP contribution in [0.25, 0.3) is 0 Å². The van der Waals surface area contributed by atoms with Gasteiger partial charge in [-0.3, -0.25) is 14.8 Å². The highest BCUT2D eigenvalue weighted by Crippen LogP contribution is 2.32. The first-order chi connectivity index (χ1) is 13.6. The summed E-state index contributed by atoms with van der Waals surface area (Å²) in [5.41, 5.74) is 6.46. The zero-order valence-corrected chi connectivity index (χ0v) is 15.5. The molecule has 3 heterocycles. The van der Waals surface area contributed by atoms with Crippen LogP contribution in [0.1, 0.15) is 33.1 Å². The van der Waals surface area contributed by atoms with E-state index in [0.717, 1.165) is 11.4 Å². The third-order valence-corrected chi connectivity index (χ3v) is 4.17. The standard InChI is InChI=1S/C21H18N4O3/c1-13-5-3-7-16(22-13)20(17-8-4-6-14(2)23-17)24-25-21(26)15-9-10-18-19(11-15)28-12-27-18/h3-11H,12H2,1-2H3,(H,25,26). The number of hydrazone groups is 1. The molecule has 1 amide bonds. The summed E-state index contributed by atoms with van der Waals surface area (Å²) in [5, 5.41) is 4.34. The second kappa shape index (κ2) is 7.48. The summed E-state index contributed by atoms with van der Waals surface area (Å²) >= 11 is 0. The Bertz CT molecular complexity index is 1030. The van der Waals surface area contributed by atoms with Gasteiger partial charge in [-0.2, -0.15) is 5.10 Å². The molecule has 0 atom stereocenters. The maximum Gasteiger partial charge on any atom is 0.271 e. The molecule has 0 aliphatic carbocycles. The van der Waals surface area contributed by atoms with E-state index in [2.05, 4.69) is 20.5 Å². The first-order valence-electron chi connectivity index (χ1n) is 8.76. The Kier molecular flexibility index (Phi) is 4.72. The highest BCUT2D eigenvalue weighted by molar-refractivity contribution is 6.11. The Morgan fingerprint density at radius 1 is 0.929 bits per heavy atom. The molecule has 0 unspecified atom stereocenters. The number of ether oxygens (including phenoxy) is 2. The number of pyridine rings is 2. The molecule has 0 fully saturated rings. The fourth-order valence-corrected chi connectivity index (χ4v) is 2.80. The van der Waals surface area contributed by atoms with Crippen molar-refractivity contribution in [2.45, 2.75) is 13.8 Å². The van der Waals surface area contributed by atoms with Gasteiger partial charge < -0.3 is 9.47 Å². The summed E-state index contributed by atoms with van der Waals surface area (Å²) in [6, 6.07) is 16.2. The van der Waals surface area contributed by atoms with Crippen LogP contribution in [0.15, 0.2) is 59.7 Å².